The molecule has 0 saturated carbocycles. The highest BCUT2D eigenvalue weighted by molar-refractivity contribution is 5.95. The van der Waals surface area contributed by atoms with Gasteiger partial charge in [-0.25, -0.2) is 4.79 Å². The summed E-state index contributed by atoms with van der Waals surface area (Å²) in [6.45, 7) is 3.64. The fraction of sp³-hybridized carbons (Fsp3) is 0.364. The van der Waals surface area contributed by atoms with Gasteiger partial charge in [-0.1, -0.05) is 12.1 Å². The van der Waals surface area contributed by atoms with Gasteiger partial charge in [-0.2, -0.15) is 0 Å². The number of H-pyrrole nitrogens is 1. The van der Waals surface area contributed by atoms with Gasteiger partial charge in [0.1, 0.15) is 0 Å². The molecule has 1 aliphatic heterocycles. The normalized spacial score (nSPS) is 14.9. The predicted molar refractivity (Wildman–Crippen MR) is 111 cm³/mol. The molecule has 1 aliphatic rings. The number of rotatable bonds is 5. The number of piperidine rings is 1. The minimum Gasteiger partial charge on any atom is -0.493 e. The highest BCUT2D eigenvalue weighted by Crippen LogP contribution is 2.30. The van der Waals surface area contributed by atoms with Crippen LogP contribution in [0.15, 0.2) is 47.3 Å². The van der Waals surface area contributed by atoms with Gasteiger partial charge in [-0.05, 0) is 50.1 Å². The van der Waals surface area contributed by atoms with E-state index in [0.29, 0.717) is 36.8 Å². The lowest BCUT2D eigenvalue weighted by atomic mass is 10.0. The Hall–Kier alpha value is -3.22. The van der Waals surface area contributed by atoms with Crippen LogP contribution in [0.4, 0.5) is 0 Å². The van der Waals surface area contributed by atoms with E-state index in [1.54, 1.807) is 25.3 Å². The van der Waals surface area contributed by atoms with Crippen LogP contribution in [-0.4, -0.2) is 47.2 Å². The second-order valence-corrected chi connectivity index (χ2v) is 7.14. The molecule has 3 aromatic rings. The standard InChI is InChI=1S/C22H25N3O4/c1-3-29-19-9-8-15(14-20(19)28-2)21(26)24-12-10-16(11-13-24)25-18-7-5-4-6-17(18)23-22(25)27/h4-9,14,16H,3,10-13H2,1-2H3,(H,23,27). The first-order valence-corrected chi connectivity index (χ1v) is 9.91. The summed E-state index contributed by atoms with van der Waals surface area (Å²) in [4.78, 5) is 30.1. The Balaban J connectivity index is 1.49. The topological polar surface area (TPSA) is 76.6 Å². The first-order chi connectivity index (χ1) is 14.1. The van der Waals surface area contributed by atoms with Crippen LogP contribution in [0.1, 0.15) is 36.2 Å². The smallest absolute Gasteiger partial charge is 0.326 e. The van der Waals surface area contributed by atoms with Crippen molar-refractivity contribution in [2.75, 3.05) is 26.8 Å². The molecule has 0 radical (unpaired) electrons. The average Bonchev–Trinajstić information content (AvgIpc) is 3.09. The van der Waals surface area contributed by atoms with Gasteiger partial charge in [0.05, 0.1) is 24.8 Å². The summed E-state index contributed by atoms with van der Waals surface area (Å²) in [5, 5.41) is 0. The van der Waals surface area contributed by atoms with E-state index in [2.05, 4.69) is 4.98 Å². The molecule has 4 rings (SSSR count). The molecule has 1 aromatic heterocycles. The zero-order valence-electron chi connectivity index (χ0n) is 16.7. The zero-order valence-corrected chi connectivity index (χ0v) is 16.7. The fourth-order valence-electron chi connectivity index (χ4n) is 4.02. The zero-order chi connectivity index (χ0) is 20.4. The number of aromatic amines is 1. The number of carbonyl (C=O) groups is 1. The second kappa shape index (κ2) is 8.03. The summed E-state index contributed by atoms with van der Waals surface area (Å²) in [5.41, 5.74) is 2.25. The van der Waals surface area contributed by atoms with E-state index in [4.69, 9.17) is 9.47 Å². The first kappa shape index (κ1) is 19.1. The van der Waals surface area contributed by atoms with Crippen LogP contribution >= 0.6 is 0 Å². The van der Waals surface area contributed by atoms with E-state index < -0.39 is 0 Å². The summed E-state index contributed by atoms with van der Waals surface area (Å²) in [5.74, 6) is 1.15. The summed E-state index contributed by atoms with van der Waals surface area (Å²) < 4.78 is 12.7. The van der Waals surface area contributed by atoms with Crippen LogP contribution in [-0.2, 0) is 0 Å². The lowest BCUT2D eigenvalue weighted by Crippen LogP contribution is -2.40. The van der Waals surface area contributed by atoms with Crippen molar-refractivity contribution in [3.63, 3.8) is 0 Å². The number of benzene rings is 2. The fourth-order valence-corrected chi connectivity index (χ4v) is 4.02. The lowest BCUT2D eigenvalue weighted by Gasteiger charge is -2.32. The van der Waals surface area contributed by atoms with Crippen LogP contribution < -0.4 is 15.2 Å². The SMILES string of the molecule is CCOc1ccc(C(=O)N2CCC(n3c(=O)[nH]c4ccccc43)CC2)cc1OC. The van der Waals surface area contributed by atoms with Gasteiger partial charge in [-0.3, -0.25) is 9.36 Å². The maximum absolute atomic E-state index is 13.0. The minimum absolute atomic E-state index is 0.0314. The minimum atomic E-state index is -0.0905. The van der Waals surface area contributed by atoms with E-state index in [0.717, 1.165) is 23.9 Å². The maximum atomic E-state index is 13.0. The third-order valence-corrected chi connectivity index (χ3v) is 5.45. The first-order valence-electron chi connectivity index (χ1n) is 9.91. The second-order valence-electron chi connectivity index (χ2n) is 7.14. The molecule has 1 saturated heterocycles. The van der Waals surface area contributed by atoms with Crippen molar-refractivity contribution in [1.29, 1.82) is 0 Å². The molecule has 7 heteroatoms. The number of hydrogen-bond acceptors (Lipinski definition) is 4. The number of carbonyl (C=O) groups excluding carboxylic acids is 1. The average molecular weight is 395 g/mol. The number of nitrogens with zero attached hydrogens (tertiary/aromatic N) is 2. The van der Waals surface area contributed by atoms with Crippen molar-refractivity contribution < 1.29 is 14.3 Å². The Labute approximate surface area is 168 Å². The largest absolute Gasteiger partial charge is 0.493 e. The highest BCUT2D eigenvalue weighted by Gasteiger charge is 2.27. The van der Waals surface area contributed by atoms with Crippen LogP contribution in [0.25, 0.3) is 11.0 Å². The van der Waals surface area contributed by atoms with E-state index in [1.807, 2.05) is 40.7 Å². The number of amides is 1. The number of nitrogens with one attached hydrogen (secondary N) is 1. The van der Waals surface area contributed by atoms with Crippen LogP contribution in [0, 0.1) is 0 Å². The van der Waals surface area contributed by atoms with Crippen molar-refractivity contribution in [2.24, 2.45) is 0 Å². The molecule has 152 valence electrons. The molecule has 1 N–H and O–H groups in total. The van der Waals surface area contributed by atoms with Crippen molar-refractivity contribution in [1.82, 2.24) is 14.5 Å². The number of imidazole rings is 1. The van der Waals surface area contributed by atoms with Gasteiger partial charge in [0.15, 0.2) is 11.5 Å². The molecule has 1 amide bonds. The van der Waals surface area contributed by atoms with Crippen LogP contribution in [0.2, 0.25) is 0 Å². The van der Waals surface area contributed by atoms with E-state index in [9.17, 15) is 9.59 Å². The van der Waals surface area contributed by atoms with Crippen LogP contribution in [0.5, 0.6) is 11.5 Å². The van der Waals surface area contributed by atoms with E-state index in [-0.39, 0.29) is 17.6 Å². The number of hydrogen-bond donors (Lipinski definition) is 1. The van der Waals surface area contributed by atoms with Crippen molar-refractivity contribution >= 4 is 16.9 Å². The van der Waals surface area contributed by atoms with Gasteiger partial charge in [0.25, 0.3) is 5.91 Å². The monoisotopic (exact) mass is 395 g/mol. The van der Waals surface area contributed by atoms with Gasteiger partial charge >= 0.3 is 5.69 Å². The predicted octanol–water partition coefficient (Wildman–Crippen LogP) is 3.21. The molecular formula is C22H25N3O4. The van der Waals surface area contributed by atoms with Crippen molar-refractivity contribution in [3.8, 4) is 11.5 Å². The molecule has 0 spiro atoms. The summed E-state index contributed by atoms with van der Waals surface area (Å²) in [6.07, 6.45) is 1.48. The molecule has 2 aromatic carbocycles. The Morgan fingerprint density at radius 1 is 1.14 bits per heavy atom. The Morgan fingerprint density at radius 2 is 1.90 bits per heavy atom. The number of para-hydroxylation sites is 2. The lowest BCUT2D eigenvalue weighted by molar-refractivity contribution is 0.0694. The Morgan fingerprint density at radius 3 is 2.62 bits per heavy atom. The number of aromatic nitrogens is 2. The maximum Gasteiger partial charge on any atom is 0.326 e. The van der Waals surface area contributed by atoms with Gasteiger partial charge in [0.2, 0.25) is 0 Å². The highest BCUT2D eigenvalue weighted by atomic mass is 16.5. The molecule has 0 aliphatic carbocycles. The quantitative estimate of drug-likeness (QED) is 0.720. The molecular weight excluding hydrogens is 370 g/mol. The molecule has 0 atom stereocenters. The van der Waals surface area contributed by atoms with Gasteiger partial charge < -0.3 is 19.4 Å². The van der Waals surface area contributed by atoms with Gasteiger partial charge in [-0.15, -0.1) is 0 Å². The molecule has 0 unspecified atom stereocenters. The number of ether oxygens (including phenoxy) is 2. The molecule has 7 nitrogen and oxygen atoms in total. The molecule has 0 bridgehead atoms. The third-order valence-electron chi connectivity index (χ3n) is 5.45. The number of methoxy groups -OCH3 is 1. The van der Waals surface area contributed by atoms with Crippen molar-refractivity contribution in [3.05, 3.63) is 58.5 Å². The van der Waals surface area contributed by atoms with Gasteiger partial charge in [0, 0.05) is 24.7 Å². The summed E-state index contributed by atoms with van der Waals surface area (Å²) in [7, 11) is 1.57. The summed E-state index contributed by atoms with van der Waals surface area (Å²) in [6, 6.07) is 13.1. The van der Waals surface area contributed by atoms with Crippen LogP contribution in [0.3, 0.4) is 0 Å². The Kier molecular flexibility index (Phi) is 5.29. The summed E-state index contributed by atoms with van der Waals surface area (Å²) >= 11 is 0. The van der Waals surface area contributed by atoms with E-state index in [1.165, 1.54) is 0 Å². The third kappa shape index (κ3) is 3.60. The molecule has 2 heterocycles. The number of likely N-dealkylation sites (tertiary alicyclic amines) is 1. The van der Waals surface area contributed by atoms with Crippen molar-refractivity contribution in [2.45, 2.75) is 25.8 Å². The van der Waals surface area contributed by atoms with E-state index >= 15 is 0 Å². The molecule has 1 fully saturated rings. The Bertz CT molecular complexity index is 1080. The number of fused-ring (bicyclic) bond motifs is 1. The molecule has 29 heavy (non-hydrogen) atoms.